The third-order valence-corrected chi connectivity index (χ3v) is 3.25. The number of nitrogens with zero attached hydrogens (tertiary/aromatic N) is 3. The standard InChI is InChI=1S/C13H16N4O2/c18-13(10-4-3-9-19-10)14-7-6-12-16-15-11-5-1-2-8-17(11)12/h1-2,5,8,10H,3-4,6-7,9H2,(H,14,18). The molecular formula is C13H16N4O2. The fraction of sp³-hybridized carbons (Fsp3) is 0.462. The van der Waals surface area contributed by atoms with Crippen LogP contribution in [0.5, 0.6) is 0 Å². The molecule has 0 radical (unpaired) electrons. The predicted octanol–water partition coefficient (Wildman–Crippen LogP) is 0.567. The third kappa shape index (κ3) is 2.58. The number of aromatic nitrogens is 3. The van der Waals surface area contributed by atoms with Gasteiger partial charge < -0.3 is 10.1 Å². The number of fused-ring (bicyclic) bond motifs is 1. The van der Waals surface area contributed by atoms with E-state index in [-0.39, 0.29) is 12.0 Å². The molecule has 100 valence electrons. The van der Waals surface area contributed by atoms with E-state index in [1.54, 1.807) is 0 Å². The Labute approximate surface area is 110 Å². The molecule has 3 heterocycles. The average Bonchev–Trinajstić information content (AvgIpc) is 3.08. The first-order valence-corrected chi connectivity index (χ1v) is 6.52. The molecule has 1 aliphatic heterocycles. The quantitative estimate of drug-likeness (QED) is 0.872. The molecule has 0 spiro atoms. The van der Waals surface area contributed by atoms with Gasteiger partial charge in [0.15, 0.2) is 5.65 Å². The number of rotatable bonds is 4. The molecule has 0 aliphatic carbocycles. The monoisotopic (exact) mass is 260 g/mol. The zero-order valence-electron chi connectivity index (χ0n) is 10.6. The van der Waals surface area contributed by atoms with Crippen molar-refractivity contribution in [3.63, 3.8) is 0 Å². The van der Waals surface area contributed by atoms with E-state index in [2.05, 4.69) is 15.5 Å². The molecule has 1 fully saturated rings. The molecule has 1 atom stereocenters. The van der Waals surface area contributed by atoms with Crippen molar-refractivity contribution < 1.29 is 9.53 Å². The molecule has 19 heavy (non-hydrogen) atoms. The number of pyridine rings is 1. The highest BCUT2D eigenvalue weighted by molar-refractivity contribution is 5.80. The maximum absolute atomic E-state index is 11.8. The van der Waals surface area contributed by atoms with Crippen LogP contribution in [-0.2, 0) is 16.0 Å². The second-order valence-electron chi connectivity index (χ2n) is 4.59. The Balaban J connectivity index is 1.56. The summed E-state index contributed by atoms with van der Waals surface area (Å²) in [5, 5.41) is 11.1. The van der Waals surface area contributed by atoms with Crippen LogP contribution in [0.1, 0.15) is 18.7 Å². The van der Waals surface area contributed by atoms with Gasteiger partial charge in [0.25, 0.3) is 0 Å². The minimum atomic E-state index is -0.268. The molecule has 6 heteroatoms. The molecule has 0 aromatic carbocycles. The summed E-state index contributed by atoms with van der Waals surface area (Å²) in [6.07, 6.45) is 4.10. The van der Waals surface area contributed by atoms with Crippen molar-refractivity contribution >= 4 is 11.6 Å². The molecule has 1 amide bonds. The number of carbonyl (C=O) groups is 1. The second kappa shape index (κ2) is 5.36. The molecule has 0 bridgehead atoms. The summed E-state index contributed by atoms with van der Waals surface area (Å²) in [5.41, 5.74) is 0.822. The minimum absolute atomic E-state index is 0.0219. The Morgan fingerprint density at radius 3 is 3.26 bits per heavy atom. The summed E-state index contributed by atoms with van der Waals surface area (Å²) in [7, 11) is 0. The molecule has 0 saturated carbocycles. The van der Waals surface area contributed by atoms with Gasteiger partial charge in [0.05, 0.1) is 0 Å². The summed E-state index contributed by atoms with van der Waals surface area (Å²) in [5.74, 6) is 0.828. The predicted molar refractivity (Wildman–Crippen MR) is 68.7 cm³/mol. The first kappa shape index (κ1) is 12.1. The van der Waals surface area contributed by atoms with Gasteiger partial charge in [0.1, 0.15) is 11.9 Å². The van der Waals surface area contributed by atoms with E-state index in [9.17, 15) is 4.79 Å². The Bertz CT molecular complexity index is 575. The Kier molecular flexibility index (Phi) is 3.41. The van der Waals surface area contributed by atoms with Crippen LogP contribution in [0.3, 0.4) is 0 Å². The average molecular weight is 260 g/mol. The summed E-state index contributed by atoms with van der Waals surface area (Å²) in [4.78, 5) is 11.8. The highest BCUT2D eigenvalue weighted by Crippen LogP contribution is 2.11. The minimum Gasteiger partial charge on any atom is -0.368 e. The van der Waals surface area contributed by atoms with Crippen LogP contribution in [0.15, 0.2) is 24.4 Å². The molecule has 1 N–H and O–H groups in total. The normalized spacial score (nSPS) is 18.8. The van der Waals surface area contributed by atoms with E-state index < -0.39 is 0 Å². The van der Waals surface area contributed by atoms with Crippen molar-refractivity contribution in [2.24, 2.45) is 0 Å². The van der Waals surface area contributed by atoms with Gasteiger partial charge in [-0.15, -0.1) is 10.2 Å². The van der Waals surface area contributed by atoms with Gasteiger partial charge >= 0.3 is 0 Å². The fourth-order valence-electron chi connectivity index (χ4n) is 2.26. The van der Waals surface area contributed by atoms with Crippen LogP contribution < -0.4 is 5.32 Å². The molecule has 1 saturated heterocycles. The molecule has 1 aliphatic rings. The van der Waals surface area contributed by atoms with E-state index in [1.165, 1.54) is 0 Å². The van der Waals surface area contributed by atoms with E-state index in [1.807, 2.05) is 28.8 Å². The Morgan fingerprint density at radius 2 is 2.42 bits per heavy atom. The zero-order valence-corrected chi connectivity index (χ0v) is 10.6. The lowest BCUT2D eigenvalue weighted by atomic mass is 10.2. The molecule has 1 unspecified atom stereocenters. The molecular weight excluding hydrogens is 244 g/mol. The van der Waals surface area contributed by atoms with Crippen LogP contribution >= 0.6 is 0 Å². The third-order valence-electron chi connectivity index (χ3n) is 3.25. The van der Waals surface area contributed by atoms with Crippen LogP contribution in [0.25, 0.3) is 5.65 Å². The van der Waals surface area contributed by atoms with Crippen LogP contribution in [0.2, 0.25) is 0 Å². The number of hydrogen-bond acceptors (Lipinski definition) is 4. The van der Waals surface area contributed by atoms with Gasteiger partial charge in [0.2, 0.25) is 5.91 Å². The van der Waals surface area contributed by atoms with E-state index in [4.69, 9.17) is 4.74 Å². The molecule has 6 nitrogen and oxygen atoms in total. The zero-order chi connectivity index (χ0) is 13.1. The number of carbonyl (C=O) groups excluding carboxylic acids is 1. The van der Waals surface area contributed by atoms with Gasteiger partial charge in [-0.1, -0.05) is 6.07 Å². The van der Waals surface area contributed by atoms with E-state index in [0.717, 1.165) is 24.3 Å². The lowest BCUT2D eigenvalue weighted by Gasteiger charge is -2.09. The van der Waals surface area contributed by atoms with Crippen molar-refractivity contribution in [2.75, 3.05) is 13.2 Å². The highest BCUT2D eigenvalue weighted by atomic mass is 16.5. The van der Waals surface area contributed by atoms with Crippen LogP contribution in [0.4, 0.5) is 0 Å². The molecule has 2 aromatic rings. The summed E-state index contributed by atoms with van der Waals surface area (Å²) < 4.78 is 7.26. The van der Waals surface area contributed by atoms with Gasteiger partial charge in [-0.3, -0.25) is 9.20 Å². The number of nitrogens with one attached hydrogen (secondary N) is 1. The smallest absolute Gasteiger partial charge is 0.249 e. The SMILES string of the molecule is O=C(NCCc1nnc2ccccn12)C1CCCO1. The van der Waals surface area contributed by atoms with Crippen molar-refractivity contribution in [1.29, 1.82) is 0 Å². The van der Waals surface area contributed by atoms with Crippen LogP contribution in [0, 0.1) is 0 Å². The Hall–Kier alpha value is -1.95. The summed E-state index contributed by atoms with van der Waals surface area (Å²) in [6, 6.07) is 5.76. The highest BCUT2D eigenvalue weighted by Gasteiger charge is 2.22. The number of amides is 1. The first-order valence-electron chi connectivity index (χ1n) is 6.52. The van der Waals surface area contributed by atoms with Crippen molar-refractivity contribution in [3.05, 3.63) is 30.2 Å². The van der Waals surface area contributed by atoms with Gasteiger partial charge in [-0.2, -0.15) is 0 Å². The number of hydrogen-bond donors (Lipinski definition) is 1. The van der Waals surface area contributed by atoms with E-state index >= 15 is 0 Å². The van der Waals surface area contributed by atoms with Crippen LogP contribution in [-0.4, -0.2) is 39.8 Å². The van der Waals surface area contributed by atoms with Gasteiger partial charge in [0, 0.05) is 25.8 Å². The fourth-order valence-corrected chi connectivity index (χ4v) is 2.26. The molecule has 3 rings (SSSR count). The van der Waals surface area contributed by atoms with Gasteiger partial charge in [-0.25, -0.2) is 0 Å². The van der Waals surface area contributed by atoms with E-state index in [0.29, 0.717) is 19.6 Å². The topological polar surface area (TPSA) is 68.5 Å². The first-order chi connectivity index (χ1) is 9.34. The largest absolute Gasteiger partial charge is 0.368 e. The Morgan fingerprint density at radius 1 is 1.47 bits per heavy atom. The number of ether oxygens (including phenoxy) is 1. The maximum atomic E-state index is 11.8. The van der Waals surface area contributed by atoms with Gasteiger partial charge in [-0.05, 0) is 25.0 Å². The maximum Gasteiger partial charge on any atom is 0.249 e. The van der Waals surface area contributed by atoms with Crippen molar-refractivity contribution in [1.82, 2.24) is 19.9 Å². The van der Waals surface area contributed by atoms with Crippen molar-refractivity contribution in [3.8, 4) is 0 Å². The second-order valence-corrected chi connectivity index (χ2v) is 4.59. The van der Waals surface area contributed by atoms with Crippen molar-refractivity contribution in [2.45, 2.75) is 25.4 Å². The lowest BCUT2D eigenvalue weighted by molar-refractivity contribution is -0.129. The summed E-state index contributed by atoms with van der Waals surface area (Å²) in [6.45, 7) is 1.24. The molecule has 2 aromatic heterocycles. The lowest BCUT2D eigenvalue weighted by Crippen LogP contribution is -2.35. The summed E-state index contributed by atoms with van der Waals surface area (Å²) >= 11 is 0.